The Hall–Kier alpha value is -1.09. The fourth-order valence-electron chi connectivity index (χ4n) is 2.47. The third kappa shape index (κ3) is 2.19. The second kappa shape index (κ2) is 4.42. The summed E-state index contributed by atoms with van der Waals surface area (Å²) in [6.07, 6.45) is 6.33. The summed E-state index contributed by atoms with van der Waals surface area (Å²) in [6, 6.07) is 0. The van der Waals surface area contributed by atoms with Crippen molar-refractivity contribution in [1.29, 1.82) is 0 Å². The molecule has 0 aromatic carbocycles. The van der Waals surface area contributed by atoms with Gasteiger partial charge in [-0.1, -0.05) is 19.1 Å². The largest absolute Gasteiger partial charge is 0.330 e. The van der Waals surface area contributed by atoms with Crippen molar-refractivity contribution in [2.45, 2.75) is 38.6 Å². The Balaban J connectivity index is 2.24. The highest BCUT2D eigenvalue weighted by Crippen LogP contribution is 2.32. The molecule has 0 amide bonds. The number of imidazole rings is 1. The number of piperidine rings is 1. The van der Waals surface area contributed by atoms with Gasteiger partial charge in [-0.05, 0) is 32.9 Å². The monoisotopic (exact) mass is 219 g/mol. The van der Waals surface area contributed by atoms with Gasteiger partial charge in [0.1, 0.15) is 0 Å². The van der Waals surface area contributed by atoms with Crippen molar-refractivity contribution in [2.75, 3.05) is 13.1 Å². The Labute approximate surface area is 97.6 Å². The number of hydrogen-bond acceptors (Lipinski definition) is 2. The molecular formula is C13H21N3. The Morgan fingerprint density at radius 1 is 1.56 bits per heavy atom. The first kappa shape index (κ1) is 11.4. The highest BCUT2D eigenvalue weighted by molar-refractivity contribution is 5.16. The van der Waals surface area contributed by atoms with Gasteiger partial charge in [0.2, 0.25) is 0 Å². The molecule has 0 bridgehead atoms. The fraction of sp³-hybridized carbons (Fsp3) is 0.615. The lowest BCUT2D eigenvalue weighted by Crippen LogP contribution is -2.39. The first-order valence-electron chi connectivity index (χ1n) is 5.97. The van der Waals surface area contributed by atoms with Crippen LogP contribution in [0.25, 0.3) is 0 Å². The molecule has 3 nitrogen and oxygen atoms in total. The lowest BCUT2D eigenvalue weighted by Gasteiger charge is -2.34. The maximum atomic E-state index is 4.30. The quantitative estimate of drug-likeness (QED) is 0.789. The second-order valence-electron chi connectivity index (χ2n) is 5.17. The number of nitrogens with one attached hydrogen (secondary N) is 1. The molecule has 2 heterocycles. The zero-order chi connectivity index (χ0) is 11.6. The van der Waals surface area contributed by atoms with Crippen molar-refractivity contribution in [3.8, 4) is 0 Å². The standard InChI is InChI=1S/C13H21N3/c1-11(2)9-16-10-15-8-12(16)13(3)4-6-14-7-5-13/h8,10,14H,1,4-7,9H2,2-3H3. The van der Waals surface area contributed by atoms with Gasteiger partial charge >= 0.3 is 0 Å². The Kier molecular flexibility index (Phi) is 3.15. The van der Waals surface area contributed by atoms with E-state index >= 15 is 0 Å². The molecule has 0 atom stereocenters. The van der Waals surface area contributed by atoms with E-state index in [1.54, 1.807) is 0 Å². The van der Waals surface area contributed by atoms with Crippen LogP contribution in [-0.4, -0.2) is 22.6 Å². The van der Waals surface area contributed by atoms with Crippen LogP contribution >= 0.6 is 0 Å². The van der Waals surface area contributed by atoms with Crippen molar-refractivity contribution >= 4 is 0 Å². The van der Waals surface area contributed by atoms with E-state index in [4.69, 9.17) is 0 Å². The van der Waals surface area contributed by atoms with Gasteiger partial charge in [0.25, 0.3) is 0 Å². The highest BCUT2D eigenvalue weighted by Gasteiger charge is 2.31. The van der Waals surface area contributed by atoms with Crippen LogP contribution in [0.2, 0.25) is 0 Å². The summed E-state index contributed by atoms with van der Waals surface area (Å²) in [5.41, 5.74) is 2.81. The van der Waals surface area contributed by atoms with Gasteiger partial charge < -0.3 is 9.88 Å². The minimum atomic E-state index is 0.275. The van der Waals surface area contributed by atoms with E-state index in [-0.39, 0.29) is 5.41 Å². The molecule has 1 saturated heterocycles. The summed E-state index contributed by atoms with van der Waals surface area (Å²) in [4.78, 5) is 4.30. The van der Waals surface area contributed by atoms with E-state index < -0.39 is 0 Å². The van der Waals surface area contributed by atoms with Gasteiger partial charge in [0.05, 0.1) is 6.33 Å². The van der Waals surface area contributed by atoms with E-state index in [2.05, 4.69) is 35.3 Å². The Bertz CT molecular complexity index is 372. The second-order valence-corrected chi connectivity index (χ2v) is 5.17. The topological polar surface area (TPSA) is 29.9 Å². The lowest BCUT2D eigenvalue weighted by atomic mass is 9.78. The molecule has 0 saturated carbocycles. The molecule has 2 rings (SSSR count). The molecule has 16 heavy (non-hydrogen) atoms. The summed E-state index contributed by atoms with van der Waals surface area (Å²) >= 11 is 0. The Morgan fingerprint density at radius 2 is 2.25 bits per heavy atom. The summed E-state index contributed by atoms with van der Waals surface area (Å²) in [5, 5.41) is 3.41. The van der Waals surface area contributed by atoms with Crippen molar-refractivity contribution in [3.63, 3.8) is 0 Å². The summed E-state index contributed by atoms with van der Waals surface area (Å²) in [5.74, 6) is 0. The minimum absolute atomic E-state index is 0.275. The van der Waals surface area contributed by atoms with Crippen molar-refractivity contribution in [1.82, 2.24) is 14.9 Å². The third-order valence-corrected chi connectivity index (χ3v) is 3.48. The average Bonchev–Trinajstić information content (AvgIpc) is 2.66. The fourth-order valence-corrected chi connectivity index (χ4v) is 2.47. The smallest absolute Gasteiger partial charge is 0.0951 e. The van der Waals surface area contributed by atoms with E-state index in [1.165, 1.54) is 24.1 Å². The maximum absolute atomic E-state index is 4.30. The number of aromatic nitrogens is 2. The first-order valence-corrected chi connectivity index (χ1v) is 5.97. The molecular weight excluding hydrogens is 198 g/mol. The predicted molar refractivity (Wildman–Crippen MR) is 66.5 cm³/mol. The number of nitrogens with zero attached hydrogens (tertiary/aromatic N) is 2. The van der Waals surface area contributed by atoms with Gasteiger partial charge in [-0.25, -0.2) is 4.98 Å². The van der Waals surface area contributed by atoms with Gasteiger partial charge in [0, 0.05) is 23.9 Å². The van der Waals surface area contributed by atoms with Crippen molar-refractivity contribution < 1.29 is 0 Å². The van der Waals surface area contributed by atoms with Crippen LogP contribution in [0, 0.1) is 0 Å². The van der Waals surface area contributed by atoms with E-state index in [0.717, 1.165) is 19.6 Å². The molecule has 0 radical (unpaired) electrons. The SMILES string of the molecule is C=C(C)Cn1cncc1C1(C)CCNCC1. The van der Waals surface area contributed by atoms with Crippen molar-refractivity contribution in [3.05, 3.63) is 30.4 Å². The van der Waals surface area contributed by atoms with Crippen LogP contribution < -0.4 is 5.32 Å². The zero-order valence-electron chi connectivity index (χ0n) is 10.3. The maximum Gasteiger partial charge on any atom is 0.0951 e. The molecule has 1 fully saturated rings. The van der Waals surface area contributed by atoms with Gasteiger partial charge in [-0.2, -0.15) is 0 Å². The van der Waals surface area contributed by atoms with E-state index in [9.17, 15) is 0 Å². The minimum Gasteiger partial charge on any atom is -0.330 e. The molecule has 3 heteroatoms. The average molecular weight is 219 g/mol. The molecule has 0 spiro atoms. The highest BCUT2D eigenvalue weighted by atomic mass is 15.1. The first-order chi connectivity index (χ1) is 7.62. The van der Waals surface area contributed by atoms with Gasteiger partial charge in [0.15, 0.2) is 0 Å². The molecule has 1 aliphatic rings. The van der Waals surface area contributed by atoms with Crippen LogP contribution in [0.3, 0.4) is 0 Å². The van der Waals surface area contributed by atoms with Crippen LogP contribution in [0.4, 0.5) is 0 Å². The summed E-state index contributed by atoms with van der Waals surface area (Å²) < 4.78 is 2.24. The third-order valence-electron chi connectivity index (χ3n) is 3.48. The van der Waals surface area contributed by atoms with Crippen LogP contribution in [0.5, 0.6) is 0 Å². The van der Waals surface area contributed by atoms with Crippen LogP contribution in [0.1, 0.15) is 32.4 Å². The lowest BCUT2D eigenvalue weighted by molar-refractivity contribution is 0.318. The van der Waals surface area contributed by atoms with Crippen LogP contribution in [0.15, 0.2) is 24.7 Å². The van der Waals surface area contributed by atoms with Crippen molar-refractivity contribution in [2.24, 2.45) is 0 Å². The molecule has 1 aromatic rings. The summed E-state index contributed by atoms with van der Waals surface area (Å²) in [6.45, 7) is 11.5. The molecule has 1 aromatic heterocycles. The molecule has 1 N–H and O–H groups in total. The van der Waals surface area contributed by atoms with Gasteiger partial charge in [-0.3, -0.25) is 0 Å². The summed E-state index contributed by atoms with van der Waals surface area (Å²) in [7, 11) is 0. The Morgan fingerprint density at radius 3 is 2.88 bits per heavy atom. The van der Waals surface area contributed by atoms with E-state index in [1.807, 2.05) is 12.5 Å². The van der Waals surface area contributed by atoms with E-state index in [0.29, 0.717) is 0 Å². The number of rotatable bonds is 3. The number of hydrogen-bond donors (Lipinski definition) is 1. The molecule has 88 valence electrons. The molecule has 0 unspecified atom stereocenters. The predicted octanol–water partition coefficient (Wildman–Crippen LogP) is 2.10. The zero-order valence-corrected chi connectivity index (χ0v) is 10.3. The normalized spacial score (nSPS) is 19.6. The van der Waals surface area contributed by atoms with Crippen LogP contribution in [-0.2, 0) is 12.0 Å². The molecule has 0 aliphatic carbocycles. The van der Waals surface area contributed by atoms with Gasteiger partial charge in [-0.15, -0.1) is 0 Å². The molecule has 1 aliphatic heterocycles. The number of allylic oxidation sites excluding steroid dienone is 1.